The Morgan fingerprint density at radius 2 is 2.06 bits per heavy atom. The number of aromatic nitrogens is 1. The fourth-order valence-electron chi connectivity index (χ4n) is 1.83. The molecule has 0 spiro atoms. The number of nitrogens with one attached hydrogen (secondary N) is 1. The van der Waals surface area contributed by atoms with Crippen LogP contribution in [0.25, 0.3) is 0 Å². The van der Waals surface area contributed by atoms with Crippen LogP contribution in [-0.4, -0.2) is 22.5 Å². The molecule has 1 rings (SSSR count). The number of thioether (sulfide) groups is 1. The van der Waals surface area contributed by atoms with Gasteiger partial charge in [-0.25, -0.2) is 4.98 Å². The fraction of sp³-hybridized carbons (Fsp3) is 0.615. The van der Waals surface area contributed by atoms with E-state index in [2.05, 4.69) is 59.3 Å². The maximum Gasteiger partial charge on any atom is 0.128 e. The molecular formula is C13H21BrN2S. The molecule has 0 fully saturated rings. The molecule has 0 aliphatic carbocycles. The van der Waals surface area contributed by atoms with Crippen molar-refractivity contribution < 1.29 is 0 Å². The Balaban J connectivity index is 2.72. The van der Waals surface area contributed by atoms with E-state index in [9.17, 15) is 0 Å². The Bertz CT molecular complexity index is 356. The molecule has 2 nitrogen and oxygen atoms in total. The molecule has 0 amide bonds. The zero-order chi connectivity index (χ0) is 12.9. The molecule has 96 valence electrons. The van der Waals surface area contributed by atoms with Crippen LogP contribution in [0.1, 0.15) is 32.3 Å². The topological polar surface area (TPSA) is 24.9 Å². The summed E-state index contributed by atoms with van der Waals surface area (Å²) in [5.41, 5.74) is 1.18. The standard InChI is InChI=1S/C13H21BrN2S/c1-5-13(6-2,17-4)9-16-12-10(3)7-11(14)8-15-12/h7-8H,5-6,9H2,1-4H3,(H,15,16). The van der Waals surface area contributed by atoms with E-state index in [1.54, 1.807) is 0 Å². The van der Waals surface area contributed by atoms with E-state index < -0.39 is 0 Å². The molecule has 0 aliphatic heterocycles. The lowest BCUT2D eigenvalue weighted by molar-refractivity contribution is 0.574. The number of rotatable bonds is 6. The Labute approximate surface area is 117 Å². The first-order valence-electron chi connectivity index (χ1n) is 5.98. The summed E-state index contributed by atoms with van der Waals surface area (Å²) in [5, 5.41) is 3.48. The first-order valence-corrected chi connectivity index (χ1v) is 8.00. The van der Waals surface area contributed by atoms with Crippen LogP contribution in [0, 0.1) is 6.92 Å². The number of pyridine rings is 1. The molecule has 0 saturated carbocycles. The molecule has 4 heteroatoms. The predicted octanol–water partition coefficient (Wildman–Crippen LogP) is 4.49. The van der Waals surface area contributed by atoms with Crippen molar-refractivity contribution in [1.82, 2.24) is 4.98 Å². The Morgan fingerprint density at radius 1 is 1.41 bits per heavy atom. The van der Waals surface area contributed by atoms with Crippen molar-refractivity contribution in [3.63, 3.8) is 0 Å². The van der Waals surface area contributed by atoms with Crippen molar-refractivity contribution in [3.8, 4) is 0 Å². The van der Waals surface area contributed by atoms with E-state index in [0.717, 1.165) is 16.8 Å². The van der Waals surface area contributed by atoms with E-state index in [4.69, 9.17) is 0 Å². The highest BCUT2D eigenvalue weighted by Gasteiger charge is 2.24. The lowest BCUT2D eigenvalue weighted by Crippen LogP contribution is -2.32. The number of aryl methyl sites for hydroxylation is 1. The largest absolute Gasteiger partial charge is 0.368 e. The molecule has 0 bridgehead atoms. The Hall–Kier alpha value is -0.220. The van der Waals surface area contributed by atoms with E-state index in [-0.39, 0.29) is 0 Å². The van der Waals surface area contributed by atoms with Gasteiger partial charge in [0.05, 0.1) is 0 Å². The Morgan fingerprint density at radius 3 is 2.53 bits per heavy atom. The number of halogens is 1. The summed E-state index contributed by atoms with van der Waals surface area (Å²) in [7, 11) is 0. The quantitative estimate of drug-likeness (QED) is 0.837. The highest BCUT2D eigenvalue weighted by Crippen LogP contribution is 2.31. The molecule has 1 heterocycles. The highest BCUT2D eigenvalue weighted by atomic mass is 79.9. The van der Waals surface area contributed by atoms with Gasteiger partial charge in [0.15, 0.2) is 0 Å². The molecule has 0 saturated heterocycles. The van der Waals surface area contributed by atoms with Crippen LogP contribution in [0.4, 0.5) is 5.82 Å². The molecule has 0 aromatic carbocycles. The van der Waals surface area contributed by atoms with E-state index in [0.29, 0.717) is 4.75 Å². The van der Waals surface area contributed by atoms with Crippen molar-refractivity contribution in [2.75, 3.05) is 18.1 Å². The molecular weight excluding hydrogens is 296 g/mol. The first-order chi connectivity index (χ1) is 8.06. The number of hydrogen-bond donors (Lipinski definition) is 1. The van der Waals surface area contributed by atoms with Gasteiger partial charge < -0.3 is 5.32 Å². The van der Waals surface area contributed by atoms with Gasteiger partial charge in [-0.05, 0) is 53.6 Å². The van der Waals surface area contributed by atoms with Gasteiger partial charge in [-0.1, -0.05) is 13.8 Å². The summed E-state index contributed by atoms with van der Waals surface area (Å²) in [5.74, 6) is 0.994. The van der Waals surface area contributed by atoms with Crippen LogP contribution in [0.2, 0.25) is 0 Å². The van der Waals surface area contributed by atoms with Crippen molar-refractivity contribution in [1.29, 1.82) is 0 Å². The minimum Gasteiger partial charge on any atom is -0.368 e. The minimum atomic E-state index is 0.321. The maximum absolute atomic E-state index is 4.42. The van der Waals surface area contributed by atoms with E-state index in [1.807, 2.05) is 18.0 Å². The molecule has 1 aromatic heterocycles. The van der Waals surface area contributed by atoms with Crippen molar-refractivity contribution >= 4 is 33.5 Å². The lowest BCUT2D eigenvalue weighted by Gasteiger charge is -2.30. The van der Waals surface area contributed by atoms with E-state index in [1.165, 1.54) is 18.4 Å². The third-order valence-corrected chi connectivity index (χ3v) is 5.37. The second kappa shape index (κ2) is 6.64. The Kier molecular flexibility index (Phi) is 5.80. The second-order valence-electron chi connectivity index (χ2n) is 4.27. The highest BCUT2D eigenvalue weighted by molar-refractivity contribution is 9.10. The van der Waals surface area contributed by atoms with Gasteiger partial charge in [-0.15, -0.1) is 0 Å². The summed E-state index contributed by atoms with van der Waals surface area (Å²) >= 11 is 5.38. The van der Waals surface area contributed by atoms with Gasteiger partial charge in [0.1, 0.15) is 5.82 Å². The van der Waals surface area contributed by atoms with E-state index >= 15 is 0 Å². The smallest absolute Gasteiger partial charge is 0.128 e. The van der Waals surface area contributed by atoms with Crippen LogP contribution < -0.4 is 5.32 Å². The normalized spacial score (nSPS) is 11.6. The molecule has 0 atom stereocenters. The second-order valence-corrected chi connectivity index (χ2v) is 6.46. The zero-order valence-electron chi connectivity index (χ0n) is 11.0. The fourth-order valence-corrected chi connectivity index (χ4v) is 3.07. The van der Waals surface area contributed by atoms with Gasteiger partial charge in [0.25, 0.3) is 0 Å². The third kappa shape index (κ3) is 3.88. The van der Waals surface area contributed by atoms with Crippen LogP contribution in [0.5, 0.6) is 0 Å². The third-order valence-electron chi connectivity index (χ3n) is 3.34. The lowest BCUT2D eigenvalue weighted by atomic mass is 10.0. The summed E-state index contributed by atoms with van der Waals surface area (Å²) < 4.78 is 1.35. The first kappa shape index (κ1) is 14.8. The number of hydrogen-bond acceptors (Lipinski definition) is 3. The summed E-state index contributed by atoms with van der Waals surface area (Å²) in [4.78, 5) is 4.42. The zero-order valence-corrected chi connectivity index (χ0v) is 13.4. The summed E-state index contributed by atoms with van der Waals surface area (Å²) in [6, 6.07) is 2.09. The van der Waals surface area contributed by atoms with Gasteiger partial charge >= 0.3 is 0 Å². The van der Waals surface area contributed by atoms with Gasteiger partial charge in [-0.3, -0.25) is 0 Å². The summed E-state index contributed by atoms with van der Waals surface area (Å²) in [6.07, 6.45) is 6.38. The van der Waals surface area contributed by atoms with Gasteiger partial charge in [0.2, 0.25) is 0 Å². The monoisotopic (exact) mass is 316 g/mol. The molecule has 0 aliphatic rings. The minimum absolute atomic E-state index is 0.321. The number of nitrogens with zero attached hydrogens (tertiary/aromatic N) is 1. The molecule has 0 radical (unpaired) electrons. The maximum atomic E-state index is 4.42. The molecule has 1 N–H and O–H groups in total. The van der Waals surface area contributed by atoms with Crippen molar-refractivity contribution in [3.05, 3.63) is 22.3 Å². The van der Waals surface area contributed by atoms with Crippen LogP contribution in [-0.2, 0) is 0 Å². The SMILES string of the molecule is CCC(CC)(CNc1ncc(Br)cc1C)SC. The molecule has 17 heavy (non-hydrogen) atoms. The number of anilines is 1. The van der Waals surface area contributed by atoms with Crippen molar-refractivity contribution in [2.45, 2.75) is 38.4 Å². The van der Waals surface area contributed by atoms with Gasteiger partial charge in [-0.2, -0.15) is 11.8 Å². The predicted molar refractivity (Wildman–Crippen MR) is 82.0 cm³/mol. The van der Waals surface area contributed by atoms with Crippen LogP contribution in [0.15, 0.2) is 16.7 Å². The average Bonchev–Trinajstić information content (AvgIpc) is 2.33. The van der Waals surface area contributed by atoms with Crippen molar-refractivity contribution in [2.24, 2.45) is 0 Å². The summed E-state index contributed by atoms with van der Waals surface area (Å²) in [6.45, 7) is 7.56. The molecule has 1 aromatic rings. The van der Waals surface area contributed by atoms with Gasteiger partial charge in [0, 0.05) is 22.0 Å². The molecule has 0 unspecified atom stereocenters. The van der Waals surface area contributed by atoms with Crippen LogP contribution in [0.3, 0.4) is 0 Å². The average molecular weight is 317 g/mol. The van der Waals surface area contributed by atoms with Crippen LogP contribution >= 0.6 is 27.7 Å².